The molecule has 0 aliphatic heterocycles. The number of methoxy groups -OCH3 is 2. The first-order valence-corrected chi connectivity index (χ1v) is 17.4. The van der Waals surface area contributed by atoms with E-state index in [2.05, 4.69) is 87.0 Å². The molecule has 1 atom stereocenters. The van der Waals surface area contributed by atoms with Gasteiger partial charge in [-0.05, 0) is 81.5 Å². The van der Waals surface area contributed by atoms with Gasteiger partial charge in [-0.3, -0.25) is 0 Å². The Labute approximate surface area is 258 Å². The topological polar surface area (TPSA) is 64.0 Å². The van der Waals surface area contributed by atoms with Gasteiger partial charge in [0, 0.05) is 24.4 Å². The van der Waals surface area contributed by atoms with Gasteiger partial charge in [-0.2, -0.15) is 5.26 Å². The fourth-order valence-electron chi connectivity index (χ4n) is 4.96. The first kappa shape index (κ1) is 33.9. The summed E-state index contributed by atoms with van der Waals surface area (Å²) in [6, 6.07) is 29.6. The maximum atomic E-state index is 9.00. The fraction of sp³-hybridized carbons (Fsp3) is 0.441. The predicted octanol–water partition coefficient (Wildman–Crippen LogP) is 8.80. The summed E-state index contributed by atoms with van der Waals surface area (Å²) >= 11 is 1.87. The molecule has 8 heteroatoms. The Hall–Kier alpha value is -2.59. The average molecular weight is 609 g/mol. The van der Waals surface area contributed by atoms with E-state index in [0.717, 1.165) is 46.8 Å². The quantitative estimate of drug-likeness (QED) is 0.0812. The molecule has 0 heterocycles. The fourth-order valence-corrected chi connectivity index (χ4v) is 9.63. The number of hydrogen-bond acceptors (Lipinski definition) is 7. The van der Waals surface area contributed by atoms with Crippen molar-refractivity contribution in [3.05, 3.63) is 95.6 Å². The first-order chi connectivity index (χ1) is 20.4. The van der Waals surface area contributed by atoms with Crippen LogP contribution in [0.5, 0.6) is 11.5 Å². The maximum absolute atomic E-state index is 9.00. The molecule has 0 fully saturated rings. The van der Waals surface area contributed by atoms with E-state index in [1.807, 2.05) is 41.7 Å². The van der Waals surface area contributed by atoms with E-state index in [0.29, 0.717) is 31.7 Å². The van der Waals surface area contributed by atoms with Crippen LogP contribution >= 0.6 is 18.9 Å². The molecule has 0 aliphatic carbocycles. The second-order valence-corrected chi connectivity index (χ2v) is 14.0. The van der Waals surface area contributed by atoms with E-state index in [9.17, 15) is 0 Å². The molecule has 3 aromatic rings. The lowest BCUT2D eigenvalue weighted by Gasteiger charge is -2.36. The van der Waals surface area contributed by atoms with E-state index in [-0.39, 0.29) is 0 Å². The molecule has 0 aromatic heterocycles. The summed E-state index contributed by atoms with van der Waals surface area (Å²) in [4.78, 5) is 0. The van der Waals surface area contributed by atoms with Crippen LogP contribution in [0, 0.1) is 11.3 Å². The highest BCUT2D eigenvalue weighted by Gasteiger charge is 2.37. The van der Waals surface area contributed by atoms with Crippen LogP contribution in [0.15, 0.2) is 78.9 Å². The largest absolute Gasteiger partial charge is 0.497 e. The predicted molar refractivity (Wildman–Crippen MR) is 175 cm³/mol. The van der Waals surface area contributed by atoms with Gasteiger partial charge in [0.15, 0.2) is 7.50 Å². The zero-order valence-electron chi connectivity index (χ0n) is 25.8. The minimum Gasteiger partial charge on any atom is -0.497 e. The Balaban J connectivity index is 1.81. The molecule has 42 heavy (non-hydrogen) atoms. The Bertz CT molecular complexity index is 1160. The molecule has 0 N–H and O–H groups in total. The highest BCUT2D eigenvalue weighted by molar-refractivity contribution is 8.53. The van der Waals surface area contributed by atoms with Crippen LogP contribution in [0.3, 0.4) is 0 Å². The van der Waals surface area contributed by atoms with Gasteiger partial charge in [0.1, 0.15) is 17.1 Å². The molecule has 0 amide bonds. The van der Waals surface area contributed by atoms with Gasteiger partial charge in [-0.25, -0.2) is 4.67 Å². The van der Waals surface area contributed by atoms with Gasteiger partial charge in [-0.15, -0.1) is 0 Å². The van der Waals surface area contributed by atoms with Crippen molar-refractivity contribution in [2.45, 2.75) is 64.6 Å². The van der Waals surface area contributed by atoms with Crippen LogP contribution in [-0.2, 0) is 14.9 Å². The molecule has 6 nitrogen and oxygen atoms in total. The van der Waals surface area contributed by atoms with Gasteiger partial charge in [0.2, 0.25) is 0 Å². The zero-order valence-corrected chi connectivity index (χ0v) is 27.5. The van der Waals surface area contributed by atoms with E-state index in [1.165, 1.54) is 0 Å². The van der Waals surface area contributed by atoms with Crippen LogP contribution < -0.4 is 9.47 Å². The Morgan fingerprint density at radius 3 is 1.76 bits per heavy atom. The second-order valence-electron chi connectivity index (χ2n) is 10.4. The van der Waals surface area contributed by atoms with Crippen molar-refractivity contribution in [3.8, 4) is 17.6 Å². The maximum Gasteiger partial charge on any atom is 0.169 e. The minimum atomic E-state index is -0.842. The molecular weight excluding hydrogens is 563 g/mol. The zero-order chi connectivity index (χ0) is 30.4. The molecule has 1 unspecified atom stereocenters. The number of nitriles is 1. The third-order valence-electron chi connectivity index (χ3n) is 6.89. The average Bonchev–Trinajstić information content (AvgIpc) is 3.01. The molecule has 3 rings (SSSR count). The van der Waals surface area contributed by atoms with E-state index < -0.39 is 13.1 Å². The SMILES string of the molecule is COc1ccc(C(OCCCCSP(OCCC#N)N(C(C)C)C(C)C)(c2ccccc2)c2ccc(OC)cc2)cc1. The van der Waals surface area contributed by atoms with Crippen molar-refractivity contribution in [2.75, 3.05) is 33.2 Å². The van der Waals surface area contributed by atoms with Gasteiger partial charge in [0.25, 0.3) is 0 Å². The number of benzene rings is 3. The lowest BCUT2D eigenvalue weighted by molar-refractivity contribution is 0.0113. The highest BCUT2D eigenvalue weighted by atomic mass is 32.7. The highest BCUT2D eigenvalue weighted by Crippen LogP contribution is 2.56. The standard InChI is InChI=1S/C34H45N2O4PS/c1-27(2)36(28(3)4)41(40-25-12-23-35)42-26-11-10-24-39-34(29-13-8-7-9-14-29,30-15-19-32(37-5)20-16-30)31-17-21-33(38-6)22-18-31/h7-9,13-22,27-28H,10-12,24-26H2,1-6H3. The van der Waals surface area contributed by atoms with Crippen molar-refractivity contribution in [2.24, 2.45) is 0 Å². The lowest BCUT2D eigenvalue weighted by atomic mass is 9.80. The van der Waals surface area contributed by atoms with Crippen LogP contribution in [0.4, 0.5) is 0 Å². The summed E-state index contributed by atoms with van der Waals surface area (Å²) in [5.41, 5.74) is 2.33. The van der Waals surface area contributed by atoms with Crippen molar-refractivity contribution in [1.29, 1.82) is 5.26 Å². The number of hydrogen-bond donors (Lipinski definition) is 0. The molecule has 0 saturated heterocycles. The smallest absolute Gasteiger partial charge is 0.169 e. The number of ether oxygens (including phenoxy) is 3. The second kappa shape index (κ2) is 17.5. The summed E-state index contributed by atoms with van der Waals surface area (Å²) in [6.07, 6.45) is 2.30. The molecule has 0 bridgehead atoms. The third kappa shape index (κ3) is 8.96. The molecule has 226 valence electrons. The van der Waals surface area contributed by atoms with Crippen molar-refractivity contribution in [1.82, 2.24) is 4.67 Å². The van der Waals surface area contributed by atoms with E-state index >= 15 is 0 Å². The Morgan fingerprint density at radius 2 is 1.29 bits per heavy atom. The molecule has 0 radical (unpaired) electrons. The van der Waals surface area contributed by atoms with Gasteiger partial charge < -0.3 is 18.7 Å². The van der Waals surface area contributed by atoms with Crippen molar-refractivity contribution < 1.29 is 18.7 Å². The van der Waals surface area contributed by atoms with Crippen molar-refractivity contribution in [3.63, 3.8) is 0 Å². The molecule has 0 aliphatic rings. The molecule has 3 aromatic carbocycles. The normalized spacial score (nSPS) is 12.5. The number of rotatable bonds is 18. The monoisotopic (exact) mass is 608 g/mol. The lowest BCUT2D eigenvalue weighted by Crippen LogP contribution is -2.33. The first-order valence-electron chi connectivity index (χ1n) is 14.6. The molecule has 0 saturated carbocycles. The van der Waals surface area contributed by atoms with Crippen molar-refractivity contribution >= 4 is 18.9 Å². The van der Waals surface area contributed by atoms with E-state index in [4.69, 9.17) is 24.0 Å². The summed E-state index contributed by atoms with van der Waals surface area (Å²) in [7, 11) is 2.52. The molecule has 0 spiro atoms. The minimum absolute atomic E-state index is 0.370. The summed E-state index contributed by atoms with van der Waals surface area (Å²) in [6.45, 7) is 9.88. The summed E-state index contributed by atoms with van der Waals surface area (Å²) in [5.74, 6) is 2.57. The number of nitrogens with zero attached hydrogens (tertiary/aromatic N) is 2. The number of unbranched alkanes of at least 4 members (excludes halogenated alkanes) is 1. The van der Waals surface area contributed by atoms with E-state index in [1.54, 1.807) is 14.2 Å². The Morgan fingerprint density at radius 1 is 0.762 bits per heavy atom. The summed E-state index contributed by atoms with van der Waals surface area (Å²) in [5, 5.41) is 9.00. The van der Waals surface area contributed by atoms with Crippen LogP contribution in [-0.4, -0.2) is 49.9 Å². The Kier molecular flexibility index (Phi) is 14.1. The third-order valence-corrected chi connectivity index (χ3v) is 11.4. The van der Waals surface area contributed by atoms with Gasteiger partial charge in [0.05, 0.1) is 33.3 Å². The van der Waals surface area contributed by atoms with Crippen LogP contribution in [0.1, 0.15) is 63.6 Å². The van der Waals surface area contributed by atoms with Crippen LogP contribution in [0.2, 0.25) is 0 Å². The summed E-state index contributed by atoms with van der Waals surface area (Å²) < 4.78 is 26.5. The van der Waals surface area contributed by atoms with Gasteiger partial charge >= 0.3 is 0 Å². The van der Waals surface area contributed by atoms with Crippen LogP contribution in [0.25, 0.3) is 0 Å². The molecular formula is C34H45N2O4PS. The van der Waals surface area contributed by atoms with Gasteiger partial charge in [-0.1, -0.05) is 66.0 Å².